The minimum Gasteiger partial charge on any atom is -0.480 e. The van der Waals surface area contributed by atoms with Crippen LogP contribution in [0, 0.1) is 19.8 Å². The van der Waals surface area contributed by atoms with Crippen LogP contribution < -0.4 is 0 Å². The van der Waals surface area contributed by atoms with Gasteiger partial charge in [-0.25, -0.2) is 4.98 Å². The van der Waals surface area contributed by atoms with Gasteiger partial charge < -0.3 is 9.52 Å². The SMILES string of the molecule is Cc1nc(CN2CCCC(C)C2C(=O)O)oc1C. The number of carboxylic acids is 1. The minimum absolute atomic E-state index is 0.174. The van der Waals surface area contributed by atoms with Gasteiger partial charge in [0, 0.05) is 0 Å². The monoisotopic (exact) mass is 252 g/mol. The molecule has 0 saturated carbocycles. The summed E-state index contributed by atoms with van der Waals surface area (Å²) >= 11 is 0. The smallest absolute Gasteiger partial charge is 0.321 e. The normalized spacial score (nSPS) is 25.3. The Morgan fingerprint density at radius 2 is 2.28 bits per heavy atom. The average Bonchev–Trinajstić information content (AvgIpc) is 2.57. The highest BCUT2D eigenvalue weighted by atomic mass is 16.4. The fourth-order valence-corrected chi connectivity index (χ4v) is 2.63. The number of carboxylic acid groups (broad SMARTS) is 1. The molecule has 1 N–H and O–H groups in total. The molecular weight excluding hydrogens is 232 g/mol. The van der Waals surface area contributed by atoms with E-state index in [1.54, 1.807) is 0 Å². The lowest BCUT2D eigenvalue weighted by atomic mass is 9.91. The van der Waals surface area contributed by atoms with Gasteiger partial charge in [-0.15, -0.1) is 0 Å². The third-order valence-corrected chi connectivity index (χ3v) is 3.70. The summed E-state index contributed by atoms with van der Waals surface area (Å²) < 4.78 is 5.53. The van der Waals surface area contributed by atoms with Crippen molar-refractivity contribution in [2.24, 2.45) is 5.92 Å². The van der Waals surface area contributed by atoms with Crippen LogP contribution in [-0.4, -0.2) is 33.5 Å². The molecule has 18 heavy (non-hydrogen) atoms. The van der Waals surface area contributed by atoms with Crippen LogP contribution in [-0.2, 0) is 11.3 Å². The molecule has 2 heterocycles. The first-order chi connectivity index (χ1) is 8.49. The molecule has 1 aliphatic heterocycles. The number of hydrogen-bond acceptors (Lipinski definition) is 4. The van der Waals surface area contributed by atoms with E-state index in [4.69, 9.17) is 4.42 Å². The Kier molecular flexibility index (Phi) is 3.71. The molecule has 5 heteroatoms. The van der Waals surface area contributed by atoms with Crippen molar-refractivity contribution in [1.82, 2.24) is 9.88 Å². The maximum absolute atomic E-state index is 11.3. The van der Waals surface area contributed by atoms with Gasteiger partial charge in [-0.05, 0) is 39.2 Å². The molecule has 0 radical (unpaired) electrons. The summed E-state index contributed by atoms with van der Waals surface area (Å²) in [5.74, 6) is 0.850. The van der Waals surface area contributed by atoms with Crippen molar-refractivity contribution in [2.45, 2.75) is 46.2 Å². The number of aliphatic carboxylic acids is 1. The van der Waals surface area contributed by atoms with Crippen LogP contribution in [0.5, 0.6) is 0 Å². The van der Waals surface area contributed by atoms with Gasteiger partial charge in [0.05, 0.1) is 12.2 Å². The van der Waals surface area contributed by atoms with Gasteiger partial charge in [-0.2, -0.15) is 0 Å². The average molecular weight is 252 g/mol. The predicted molar refractivity (Wildman–Crippen MR) is 66.2 cm³/mol. The van der Waals surface area contributed by atoms with E-state index in [9.17, 15) is 9.90 Å². The molecule has 1 fully saturated rings. The van der Waals surface area contributed by atoms with Crippen LogP contribution in [0.1, 0.15) is 37.1 Å². The summed E-state index contributed by atoms with van der Waals surface area (Å²) in [6.07, 6.45) is 2.00. The van der Waals surface area contributed by atoms with Crippen LogP contribution >= 0.6 is 0 Å². The lowest BCUT2D eigenvalue weighted by Crippen LogP contribution is -2.48. The van der Waals surface area contributed by atoms with Crippen LogP contribution in [0.4, 0.5) is 0 Å². The van der Waals surface area contributed by atoms with Crippen molar-refractivity contribution >= 4 is 5.97 Å². The van der Waals surface area contributed by atoms with Crippen molar-refractivity contribution in [3.05, 3.63) is 17.3 Å². The zero-order chi connectivity index (χ0) is 13.3. The lowest BCUT2D eigenvalue weighted by molar-refractivity contribution is -0.147. The topological polar surface area (TPSA) is 66.6 Å². The van der Waals surface area contributed by atoms with E-state index in [2.05, 4.69) is 4.98 Å². The van der Waals surface area contributed by atoms with Gasteiger partial charge >= 0.3 is 5.97 Å². The number of carbonyl (C=O) groups is 1. The summed E-state index contributed by atoms with van der Waals surface area (Å²) in [5.41, 5.74) is 0.877. The van der Waals surface area contributed by atoms with Crippen LogP contribution in [0.3, 0.4) is 0 Å². The van der Waals surface area contributed by atoms with Gasteiger partial charge in [-0.3, -0.25) is 9.69 Å². The molecule has 1 aliphatic rings. The van der Waals surface area contributed by atoms with Gasteiger partial charge in [-0.1, -0.05) is 6.92 Å². The Hall–Kier alpha value is -1.36. The Balaban J connectivity index is 2.13. The molecule has 0 spiro atoms. The summed E-state index contributed by atoms with van der Waals surface area (Å²) in [7, 11) is 0. The number of aryl methyl sites for hydroxylation is 2. The van der Waals surface area contributed by atoms with Gasteiger partial charge in [0.25, 0.3) is 0 Å². The second-order valence-corrected chi connectivity index (χ2v) is 5.12. The highest BCUT2D eigenvalue weighted by Gasteiger charge is 2.34. The first kappa shape index (κ1) is 13.1. The van der Waals surface area contributed by atoms with Gasteiger partial charge in [0.1, 0.15) is 11.8 Å². The Bertz CT molecular complexity index is 422. The van der Waals surface area contributed by atoms with Crippen LogP contribution in [0.25, 0.3) is 0 Å². The third-order valence-electron chi connectivity index (χ3n) is 3.70. The Morgan fingerprint density at radius 1 is 1.56 bits per heavy atom. The molecule has 2 rings (SSSR count). The molecule has 0 aliphatic carbocycles. The molecule has 5 nitrogen and oxygen atoms in total. The molecule has 1 aromatic rings. The fraction of sp³-hybridized carbons (Fsp3) is 0.692. The van der Waals surface area contributed by atoms with Crippen molar-refractivity contribution in [1.29, 1.82) is 0 Å². The molecule has 1 saturated heterocycles. The number of hydrogen-bond donors (Lipinski definition) is 1. The summed E-state index contributed by atoms with van der Waals surface area (Å²) in [6.45, 7) is 7.05. The second kappa shape index (κ2) is 5.10. The summed E-state index contributed by atoms with van der Waals surface area (Å²) in [6, 6.07) is -0.425. The number of rotatable bonds is 3. The number of piperidine rings is 1. The van der Waals surface area contributed by atoms with E-state index < -0.39 is 12.0 Å². The number of aromatic nitrogens is 1. The van der Waals surface area contributed by atoms with E-state index in [-0.39, 0.29) is 5.92 Å². The van der Waals surface area contributed by atoms with Crippen molar-refractivity contribution in [3.63, 3.8) is 0 Å². The number of likely N-dealkylation sites (tertiary alicyclic amines) is 1. The maximum Gasteiger partial charge on any atom is 0.321 e. The van der Waals surface area contributed by atoms with Gasteiger partial charge in [0.15, 0.2) is 0 Å². The van der Waals surface area contributed by atoms with E-state index in [1.165, 1.54) is 0 Å². The molecular formula is C13H20N2O3. The lowest BCUT2D eigenvalue weighted by Gasteiger charge is -2.36. The highest BCUT2D eigenvalue weighted by molar-refractivity contribution is 5.74. The van der Waals surface area contributed by atoms with Crippen molar-refractivity contribution < 1.29 is 14.3 Å². The zero-order valence-corrected chi connectivity index (χ0v) is 11.1. The van der Waals surface area contributed by atoms with Crippen molar-refractivity contribution in [3.8, 4) is 0 Å². The van der Waals surface area contributed by atoms with E-state index >= 15 is 0 Å². The standard InChI is InChI=1S/C13H20N2O3/c1-8-5-4-6-15(12(8)13(16)17)7-11-14-9(2)10(3)18-11/h8,12H,4-7H2,1-3H3,(H,16,17). The molecule has 0 amide bonds. The number of nitrogens with zero attached hydrogens (tertiary/aromatic N) is 2. The van der Waals surface area contributed by atoms with Crippen molar-refractivity contribution in [2.75, 3.05) is 6.54 Å². The molecule has 100 valence electrons. The molecule has 2 atom stereocenters. The largest absolute Gasteiger partial charge is 0.480 e. The molecule has 1 aromatic heterocycles. The van der Waals surface area contributed by atoms with E-state index in [0.29, 0.717) is 12.4 Å². The predicted octanol–water partition coefficient (Wildman–Crippen LogP) is 1.98. The van der Waals surface area contributed by atoms with E-state index in [0.717, 1.165) is 30.8 Å². The summed E-state index contributed by atoms with van der Waals surface area (Å²) in [5, 5.41) is 9.32. The van der Waals surface area contributed by atoms with Crippen LogP contribution in [0.2, 0.25) is 0 Å². The Morgan fingerprint density at radius 3 is 2.83 bits per heavy atom. The molecule has 0 aromatic carbocycles. The maximum atomic E-state index is 11.3. The minimum atomic E-state index is -0.748. The highest BCUT2D eigenvalue weighted by Crippen LogP contribution is 2.25. The van der Waals surface area contributed by atoms with Gasteiger partial charge in [0.2, 0.25) is 5.89 Å². The first-order valence-corrected chi connectivity index (χ1v) is 6.39. The van der Waals surface area contributed by atoms with E-state index in [1.807, 2.05) is 25.7 Å². The molecule has 0 bridgehead atoms. The third kappa shape index (κ3) is 2.56. The van der Waals surface area contributed by atoms with Crippen LogP contribution in [0.15, 0.2) is 4.42 Å². The quantitative estimate of drug-likeness (QED) is 0.891. The molecule has 2 unspecified atom stereocenters. The zero-order valence-electron chi connectivity index (χ0n) is 11.1. The number of oxazole rings is 1. The second-order valence-electron chi connectivity index (χ2n) is 5.12. The first-order valence-electron chi connectivity index (χ1n) is 6.39. The summed E-state index contributed by atoms with van der Waals surface area (Å²) in [4.78, 5) is 17.6. The Labute approximate surface area is 107 Å². The fourth-order valence-electron chi connectivity index (χ4n) is 2.63.